The number of para-hydroxylation sites is 1. The molecule has 164 valence electrons. The Balaban J connectivity index is 1.60. The van der Waals surface area contributed by atoms with Gasteiger partial charge in [-0.3, -0.25) is 9.89 Å². The molecule has 7 nitrogen and oxygen atoms in total. The summed E-state index contributed by atoms with van der Waals surface area (Å²) >= 11 is 7.47. The zero-order valence-corrected chi connectivity index (χ0v) is 19.7. The number of hydrogen-bond acceptors (Lipinski definition) is 6. The van der Waals surface area contributed by atoms with Gasteiger partial charge in [0.05, 0.1) is 10.4 Å². The zero-order chi connectivity index (χ0) is 22.4. The van der Waals surface area contributed by atoms with Gasteiger partial charge in [-0.1, -0.05) is 29.8 Å². The van der Waals surface area contributed by atoms with Crippen LogP contribution in [-0.4, -0.2) is 69.1 Å². The molecule has 1 aliphatic rings. The van der Waals surface area contributed by atoms with Crippen LogP contribution in [0.5, 0.6) is 0 Å². The lowest BCUT2D eigenvalue weighted by Crippen LogP contribution is -2.34. The van der Waals surface area contributed by atoms with E-state index in [-0.39, 0.29) is 5.91 Å². The molecule has 1 amide bonds. The Morgan fingerprint density at radius 1 is 1.28 bits per heavy atom. The lowest BCUT2D eigenvalue weighted by molar-refractivity contribution is 0.0779. The lowest BCUT2D eigenvalue weighted by atomic mass is 10.1. The number of carbonyl (C=O) groups excluding carboxylic acids is 1. The summed E-state index contributed by atoms with van der Waals surface area (Å²) in [6.07, 6.45) is 2.65. The maximum absolute atomic E-state index is 13.6. The van der Waals surface area contributed by atoms with Crippen molar-refractivity contribution in [1.29, 1.82) is 0 Å². The Morgan fingerprint density at radius 2 is 2.12 bits per heavy atom. The molecule has 4 heterocycles. The maximum Gasteiger partial charge on any atom is 0.274 e. The van der Waals surface area contributed by atoms with Crippen molar-refractivity contribution in [2.24, 2.45) is 0 Å². The number of rotatable bonds is 4. The van der Waals surface area contributed by atoms with Gasteiger partial charge in [0.2, 0.25) is 0 Å². The highest BCUT2D eigenvalue weighted by molar-refractivity contribution is 7.18. The largest absolute Gasteiger partial charge is 0.336 e. The minimum Gasteiger partial charge on any atom is -0.336 e. The molecule has 1 aliphatic heterocycles. The van der Waals surface area contributed by atoms with Crippen molar-refractivity contribution in [3.8, 4) is 21.1 Å². The van der Waals surface area contributed by atoms with Crippen LogP contribution >= 0.6 is 22.9 Å². The van der Waals surface area contributed by atoms with Crippen LogP contribution in [-0.2, 0) is 0 Å². The Hall–Kier alpha value is -2.81. The second kappa shape index (κ2) is 8.27. The van der Waals surface area contributed by atoms with Crippen LogP contribution in [0.15, 0.2) is 36.5 Å². The first kappa shape index (κ1) is 21.1. The van der Waals surface area contributed by atoms with Gasteiger partial charge < -0.3 is 9.80 Å². The van der Waals surface area contributed by atoms with E-state index >= 15 is 0 Å². The molecule has 1 atom stereocenters. The summed E-state index contributed by atoms with van der Waals surface area (Å²) in [7, 11) is 4.10. The summed E-state index contributed by atoms with van der Waals surface area (Å²) in [6.45, 7) is 3.45. The summed E-state index contributed by atoms with van der Waals surface area (Å²) in [5.74, 6) is -0.0539. The van der Waals surface area contributed by atoms with Gasteiger partial charge in [0, 0.05) is 36.3 Å². The molecule has 3 aromatic heterocycles. The second-order valence-corrected chi connectivity index (χ2v) is 9.68. The topological polar surface area (TPSA) is 78.0 Å². The molecular weight excluding hydrogens is 444 g/mol. The molecule has 0 spiro atoms. The molecular formula is C23H23ClN6OS. The third-order valence-electron chi connectivity index (χ3n) is 6.00. The normalized spacial score (nSPS) is 16.4. The van der Waals surface area contributed by atoms with E-state index in [1.54, 1.807) is 12.3 Å². The van der Waals surface area contributed by atoms with Crippen molar-refractivity contribution in [2.45, 2.75) is 19.4 Å². The standard InChI is InChI=1S/C23H23ClN6OS/c1-13-5-4-6-16-18(13)27-28-19(16)22-26-20(21(32-22)14-7-8-17(24)25-11-14)23(31)30-10-9-15(12-30)29(2)3/h4-8,11,15H,9-10,12H2,1-3H3,(H,27,28). The van der Waals surface area contributed by atoms with E-state index in [9.17, 15) is 4.79 Å². The molecule has 4 aromatic rings. The van der Waals surface area contributed by atoms with Crippen LogP contribution in [0.4, 0.5) is 0 Å². The highest BCUT2D eigenvalue weighted by atomic mass is 35.5. The lowest BCUT2D eigenvalue weighted by Gasteiger charge is -2.20. The fourth-order valence-corrected chi connectivity index (χ4v) is 5.29. The van der Waals surface area contributed by atoms with E-state index in [0.29, 0.717) is 23.4 Å². The second-order valence-electron chi connectivity index (χ2n) is 8.29. The number of likely N-dealkylation sites (N-methyl/N-ethyl adjacent to an activating group) is 1. The SMILES string of the molecule is Cc1cccc2c(-c3nc(C(=O)N4CCC(N(C)C)C4)c(-c4ccc(Cl)nc4)s3)[nH]nc12. The summed E-state index contributed by atoms with van der Waals surface area (Å²) in [5, 5.41) is 9.75. The van der Waals surface area contributed by atoms with Crippen LogP contribution in [0.1, 0.15) is 22.5 Å². The number of likely N-dealkylation sites (tertiary alicyclic amines) is 1. The predicted octanol–water partition coefficient (Wildman–Crippen LogP) is 4.49. The number of amides is 1. The van der Waals surface area contributed by atoms with Crippen LogP contribution < -0.4 is 0 Å². The van der Waals surface area contributed by atoms with Crippen molar-refractivity contribution in [3.05, 3.63) is 52.9 Å². The number of aryl methyl sites for hydroxylation is 1. The van der Waals surface area contributed by atoms with Crippen LogP contribution in [0.25, 0.3) is 32.0 Å². The molecule has 0 bridgehead atoms. The molecule has 5 rings (SSSR count). The van der Waals surface area contributed by atoms with Crippen molar-refractivity contribution >= 4 is 39.7 Å². The zero-order valence-electron chi connectivity index (χ0n) is 18.1. The van der Waals surface area contributed by atoms with E-state index in [2.05, 4.69) is 34.2 Å². The third-order valence-corrected chi connectivity index (χ3v) is 7.35. The fourth-order valence-electron chi connectivity index (χ4n) is 4.12. The highest BCUT2D eigenvalue weighted by Gasteiger charge is 2.32. The minimum atomic E-state index is -0.0539. The number of benzene rings is 1. The quantitative estimate of drug-likeness (QED) is 0.448. The first-order chi connectivity index (χ1) is 15.4. The molecule has 0 aliphatic carbocycles. The first-order valence-electron chi connectivity index (χ1n) is 10.4. The molecule has 1 saturated heterocycles. The predicted molar refractivity (Wildman–Crippen MR) is 128 cm³/mol. The maximum atomic E-state index is 13.6. The van der Waals surface area contributed by atoms with Crippen LogP contribution in [0.2, 0.25) is 5.15 Å². The number of thiazole rings is 1. The Bertz CT molecular complexity index is 1300. The minimum absolute atomic E-state index is 0.0539. The van der Waals surface area contributed by atoms with Gasteiger partial charge in [0.15, 0.2) is 0 Å². The Kier molecular flexibility index (Phi) is 5.44. The average molecular weight is 467 g/mol. The van der Waals surface area contributed by atoms with Gasteiger partial charge in [-0.25, -0.2) is 9.97 Å². The molecule has 1 N–H and O–H groups in total. The summed E-state index contributed by atoms with van der Waals surface area (Å²) in [5.41, 5.74) is 4.10. The van der Waals surface area contributed by atoms with Gasteiger partial charge in [0.1, 0.15) is 21.5 Å². The van der Waals surface area contributed by atoms with E-state index in [1.165, 1.54) is 11.3 Å². The molecule has 1 aromatic carbocycles. The van der Waals surface area contributed by atoms with E-state index in [0.717, 1.165) is 50.6 Å². The monoisotopic (exact) mass is 466 g/mol. The number of fused-ring (bicyclic) bond motifs is 1. The average Bonchev–Trinajstić information content (AvgIpc) is 3.52. The molecule has 1 unspecified atom stereocenters. The summed E-state index contributed by atoms with van der Waals surface area (Å²) in [4.78, 5) is 27.5. The fraction of sp³-hybridized carbons (Fsp3) is 0.304. The molecule has 0 saturated carbocycles. The highest BCUT2D eigenvalue weighted by Crippen LogP contribution is 2.38. The number of nitrogens with one attached hydrogen (secondary N) is 1. The van der Waals surface area contributed by atoms with Gasteiger partial charge in [-0.15, -0.1) is 11.3 Å². The van der Waals surface area contributed by atoms with Gasteiger partial charge in [-0.05, 0) is 45.1 Å². The number of aromatic nitrogens is 4. The number of carbonyl (C=O) groups is 1. The van der Waals surface area contributed by atoms with Crippen molar-refractivity contribution in [3.63, 3.8) is 0 Å². The number of H-pyrrole nitrogens is 1. The van der Waals surface area contributed by atoms with Gasteiger partial charge >= 0.3 is 0 Å². The van der Waals surface area contributed by atoms with Crippen molar-refractivity contribution < 1.29 is 4.79 Å². The summed E-state index contributed by atoms with van der Waals surface area (Å²) < 4.78 is 0. The number of hydrogen-bond donors (Lipinski definition) is 1. The molecule has 1 fully saturated rings. The Labute approximate surface area is 195 Å². The van der Waals surface area contributed by atoms with Gasteiger partial charge in [0.25, 0.3) is 5.91 Å². The number of aromatic amines is 1. The molecule has 32 heavy (non-hydrogen) atoms. The van der Waals surface area contributed by atoms with Gasteiger partial charge in [-0.2, -0.15) is 5.10 Å². The van der Waals surface area contributed by atoms with Crippen molar-refractivity contribution in [2.75, 3.05) is 27.2 Å². The van der Waals surface area contributed by atoms with Crippen LogP contribution in [0.3, 0.4) is 0 Å². The number of halogens is 1. The third kappa shape index (κ3) is 3.68. The smallest absolute Gasteiger partial charge is 0.274 e. The summed E-state index contributed by atoms with van der Waals surface area (Å²) in [6, 6.07) is 10.0. The first-order valence-corrected chi connectivity index (χ1v) is 11.6. The molecule has 9 heteroatoms. The number of nitrogens with zero attached hydrogens (tertiary/aromatic N) is 5. The van der Waals surface area contributed by atoms with E-state index < -0.39 is 0 Å². The Morgan fingerprint density at radius 3 is 2.84 bits per heavy atom. The van der Waals surface area contributed by atoms with Crippen LogP contribution in [0, 0.1) is 6.92 Å². The van der Waals surface area contributed by atoms with E-state index in [1.807, 2.05) is 36.1 Å². The van der Waals surface area contributed by atoms with E-state index in [4.69, 9.17) is 16.6 Å². The van der Waals surface area contributed by atoms with Crippen molar-refractivity contribution in [1.82, 2.24) is 30.0 Å². The number of pyridine rings is 1. The molecule has 0 radical (unpaired) electrons.